The largest absolute Gasteiger partial charge is 0.489 e. The highest BCUT2D eigenvalue weighted by atomic mass is 16.5. The Morgan fingerprint density at radius 1 is 1.04 bits per heavy atom. The van der Waals surface area contributed by atoms with E-state index in [0.29, 0.717) is 12.4 Å². The van der Waals surface area contributed by atoms with Crippen molar-refractivity contribution in [2.24, 2.45) is 5.92 Å². The minimum atomic E-state index is 0.205. The third-order valence-electron chi connectivity index (χ3n) is 4.59. The first-order chi connectivity index (χ1) is 11.2. The second-order valence-electron chi connectivity index (χ2n) is 6.53. The van der Waals surface area contributed by atoms with Crippen molar-refractivity contribution in [3.8, 4) is 5.75 Å². The molecule has 23 heavy (non-hydrogen) atoms. The Labute approximate surface area is 138 Å². The molecule has 0 heterocycles. The molecule has 0 spiro atoms. The van der Waals surface area contributed by atoms with Crippen molar-refractivity contribution in [1.29, 1.82) is 0 Å². The minimum Gasteiger partial charge on any atom is -0.489 e. The van der Waals surface area contributed by atoms with Gasteiger partial charge >= 0.3 is 0 Å². The number of carbonyl (C=O) groups excluding carboxylic acids is 1. The molecule has 2 nitrogen and oxygen atoms in total. The van der Waals surface area contributed by atoms with Crippen molar-refractivity contribution >= 4 is 5.78 Å². The number of hydrogen-bond donors (Lipinski definition) is 0. The van der Waals surface area contributed by atoms with Crippen LogP contribution in [0, 0.1) is 12.8 Å². The number of benzene rings is 2. The van der Waals surface area contributed by atoms with Crippen molar-refractivity contribution in [3.05, 3.63) is 65.2 Å². The second-order valence-corrected chi connectivity index (χ2v) is 6.53. The van der Waals surface area contributed by atoms with Crippen LogP contribution in [0.2, 0.25) is 0 Å². The lowest BCUT2D eigenvalue weighted by molar-refractivity contribution is -0.124. The van der Waals surface area contributed by atoms with Gasteiger partial charge in [0.05, 0.1) is 0 Å². The zero-order chi connectivity index (χ0) is 16.1. The SMILES string of the molecule is Cc1ccc(COc2cccc(CC3CCCCC3=O)c2)cc1. The molecule has 0 aliphatic heterocycles. The topological polar surface area (TPSA) is 26.3 Å². The average molecular weight is 308 g/mol. The highest BCUT2D eigenvalue weighted by molar-refractivity contribution is 5.81. The smallest absolute Gasteiger partial charge is 0.136 e. The van der Waals surface area contributed by atoms with E-state index in [1.807, 2.05) is 12.1 Å². The Balaban J connectivity index is 1.60. The van der Waals surface area contributed by atoms with Crippen LogP contribution >= 0.6 is 0 Å². The number of carbonyl (C=O) groups is 1. The van der Waals surface area contributed by atoms with E-state index < -0.39 is 0 Å². The van der Waals surface area contributed by atoms with Gasteiger partial charge in [0.1, 0.15) is 18.1 Å². The summed E-state index contributed by atoms with van der Waals surface area (Å²) in [6.07, 6.45) is 4.89. The summed E-state index contributed by atoms with van der Waals surface area (Å²) in [5.41, 5.74) is 3.63. The van der Waals surface area contributed by atoms with E-state index >= 15 is 0 Å². The van der Waals surface area contributed by atoms with Crippen LogP contribution in [-0.4, -0.2) is 5.78 Å². The van der Waals surface area contributed by atoms with Crippen molar-refractivity contribution < 1.29 is 9.53 Å². The van der Waals surface area contributed by atoms with Gasteiger partial charge in [-0.1, -0.05) is 48.4 Å². The molecule has 1 atom stereocenters. The monoisotopic (exact) mass is 308 g/mol. The van der Waals surface area contributed by atoms with Crippen LogP contribution in [0.3, 0.4) is 0 Å². The van der Waals surface area contributed by atoms with E-state index in [4.69, 9.17) is 4.74 Å². The Kier molecular flexibility index (Phi) is 5.12. The number of ketones is 1. The summed E-state index contributed by atoms with van der Waals surface area (Å²) in [4.78, 5) is 12.0. The Bertz CT molecular complexity index is 658. The lowest BCUT2D eigenvalue weighted by Crippen LogP contribution is -2.21. The molecule has 0 radical (unpaired) electrons. The molecule has 2 aromatic carbocycles. The van der Waals surface area contributed by atoms with Gasteiger partial charge in [0.15, 0.2) is 0 Å². The van der Waals surface area contributed by atoms with Crippen molar-refractivity contribution in [2.75, 3.05) is 0 Å². The molecule has 2 heteroatoms. The van der Waals surface area contributed by atoms with Gasteiger partial charge in [-0.25, -0.2) is 0 Å². The van der Waals surface area contributed by atoms with Crippen LogP contribution in [0.1, 0.15) is 42.4 Å². The standard InChI is InChI=1S/C21H24O2/c1-16-9-11-17(12-10-16)15-23-20-7-4-5-18(14-20)13-19-6-2-3-8-21(19)22/h4-5,7,9-12,14,19H,2-3,6,8,13,15H2,1H3. The molecule has 0 amide bonds. The Morgan fingerprint density at radius 2 is 1.87 bits per heavy atom. The van der Waals surface area contributed by atoms with E-state index in [1.54, 1.807) is 0 Å². The zero-order valence-corrected chi connectivity index (χ0v) is 13.8. The Morgan fingerprint density at radius 3 is 2.65 bits per heavy atom. The van der Waals surface area contributed by atoms with Crippen LogP contribution in [0.5, 0.6) is 5.75 Å². The maximum atomic E-state index is 12.0. The molecular formula is C21H24O2. The van der Waals surface area contributed by atoms with E-state index in [1.165, 1.54) is 23.1 Å². The van der Waals surface area contributed by atoms with Crippen LogP contribution in [0.4, 0.5) is 0 Å². The van der Waals surface area contributed by atoms with Crippen molar-refractivity contribution in [2.45, 2.75) is 45.6 Å². The summed E-state index contributed by atoms with van der Waals surface area (Å²) >= 11 is 0. The van der Waals surface area contributed by atoms with Gasteiger partial charge < -0.3 is 4.74 Å². The molecule has 1 aliphatic rings. The van der Waals surface area contributed by atoms with Crippen molar-refractivity contribution in [3.63, 3.8) is 0 Å². The summed E-state index contributed by atoms with van der Waals surface area (Å²) in [5.74, 6) is 1.52. The molecule has 2 aromatic rings. The fourth-order valence-electron chi connectivity index (χ4n) is 3.17. The van der Waals surface area contributed by atoms with Gasteiger partial charge in [0, 0.05) is 12.3 Å². The maximum absolute atomic E-state index is 12.0. The molecule has 1 aliphatic carbocycles. The molecule has 120 valence electrons. The van der Waals surface area contributed by atoms with Crippen LogP contribution < -0.4 is 4.74 Å². The highest BCUT2D eigenvalue weighted by Crippen LogP contribution is 2.25. The molecule has 0 saturated heterocycles. The lowest BCUT2D eigenvalue weighted by atomic mass is 9.84. The van der Waals surface area contributed by atoms with E-state index in [0.717, 1.165) is 31.4 Å². The van der Waals surface area contributed by atoms with Gasteiger partial charge in [0.2, 0.25) is 0 Å². The predicted octanol–water partition coefficient (Wildman–Crippen LogP) is 4.88. The van der Waals surface area contributed by atoms with E-state index in [2.05, 4.69) is 43.3 Å². The second kappa shape index (κ2) is 7.45. The fourth-order valence-corrected chi connectivity index (χ4v) is 3.17. The fraction of sp³-hybridized carbons (Fsp3) is 0.381. The highest BCUT2D eigenvalue weighted by Gasteiger charge is 2.22. The predicted molar refractivity (Wildman–Crippen MR) is 92.6 cm³/mol. The molecule has 3 rings (SSSR count). The summed E-state index contributed by atoms with van der Waals surface area (Å²) < 4.78 is 5.90. The number of rotatable bonds is 5. The quantitative estimate of drug-likeness (QED) is 0.787. The number of Topliss-reactive ketones (excluding diaryl/α,β-unsaturated/α-hetero) is 1. The first-order valence-electron chi connectivity index (χ1n) is 8.51. The van der Waals surface area contributed by atoms with Gasteiger partial charge in [-0.15, -0.1) is 0 Å². The van der Waals surface area contributed by atoms with Crippen LogP contribution in [-0.2, 0) is 17.8 Å². The van der Waals surface area contributed by atoms with Gasteiger partial charge in [-0.2, -0.15) is 0 Å². The lowest BCUT2D eigenvalue weighted by Gasteiger charge is -2.20. The maximum Gasteiger partial charge on any atom is 0.136 e. The van der Waals surface area contributed by atoms with Gasteiger partial charge in [0.25, 0.3) is 0 Å². The molecule has 1 fully saturated rings. The summed E-state index contributed by atoms with van der Waals surface area (Å²) in [7, 11) is 0. The molecule has 0 N–H and O–H groups in total. The normalized spacial score (nSPS) is 18.0. The zero-order valence-electron chi connectivity index (χ0n) is 13.8. The Hall–Kier alpha value is -2.09. The van der Waals surface area contributed by atoms with E-state index in [-0.39, 0.29) is 5.92 Å². The summed E-state index contributed by atoms with van der Waals surface area (Å²) in [5, 5.41) is 0. The van der Waals surface area contributed by atoms with Crippen molar-refractivity contribution in [1.82, 2.24) is 0 Å². The molecule has 0 bridgehead atoms. The van der Waals surface area contributed by atoms with Crippen LogP contribution in [0.15, 0.2) is 48.5 Å². The number of ether oxygens (including phenoxy) is 1. The number of hydrogen-bond acceptors (Lipinski definition) is 2. The molecule has 0 aromatic heterocycles. The first-order valence-corrected chi connectivity index (χ1v) is 8.51. The molecule has 1 saturated carbocycles. The third kappa shape index (κ3) is 4.44. The third-order valence-corrected chi connectivity index (χ3v) is 4.59. The molecular weight excluding hydrogens is 284 g/mol. The number of aryl methyl sites for hydroxylation is 1. The van der Waals surface area contributed by atoms with Gasteiger partial charge in [-0.3, -0.25) is 4.79 Å². The van der Waals surface area contributed by atoms with Gasteiger partial charge in [-0.05, 0) is 49.4 Å². The average Bonchev–Trinajstić information content (AvgIpc) is 2.57. The van der Waals surface area contributed by atoms with E-state index in [9.17, 15) is 4.79 Å². The summed E-state index contributed by atoms with van der Waals surface area (Å²) in [6.45, 7) is 2.66. The van der Waals surface area contributed by atoms with Crippen LogP contribution in [0.25, 0.3) is 0 Å². The molecule has 1 unspecified atom stereocenters. The minimum absolute atomic E-state index is 0.205. The summed E-state index contributed by atoms with van der Waals surface area (Å²) in [6, 6.07) is 16.6. The first kappa shape index (κ1) is 15.8.